The fourth-order valence-electron chi connectivity index (χ4n) is 1.20. The summed E-state index contributed by atoms with van der Waals surface area (Å²) in [4.78, 5) is 5.44. The lowest BCUT2D eigenvalue weighted by molar-refractivity contribution is 1.17. The van der Waals surface area contributed by atoms with Gasteiger partial charge in [0.1, 0.15) is 0 Å². The lowest BCUT2D eigenvalue weighted by atomic mass is 10.4. The summed E-state index contributed by atoms with van der Waals surface area (Å²) in [7, 11) is 0. The molecule has 0 saturated heterocycles. The van der Waals surface area contributed by atoms with E-state index in [-0.39, 0.29) is 12.4 Å². The van der Waals surface area contributed by atoms with Gasteiger partial charge >= 0.3 is 0 Å². The van der Waals surface area contributed by atoms with Gasteiger partial charge in [-0.15, -0.1) is 24.2 Å². The molecule has 0 fully saturated rings. The monoisotopic (exact) mass is 271 g/mol. The molecular formula is C12H11Cl2NS. The van der Waals surface area contributed by atoms with Gasteiger partial charge in [-0.25, -0.2) is 0 Å². The number of halogens is 2. The first-order valence-corrected chi connectivity index (χ1v) is 5.99. The first kappa shape index (κ1) is 13.4. The van der Waals surface area contributed by atoms with E-state index in [1.165, 1.54) is 4.90 Å². The van der Waals surface area contributed by atoms with Crippen molar-refractivity contribution in [2.24, 2.45) is 0 Å². The molecule has 16 heavy (non-hydrogen) atoms. The molecule has 0 amide bonds. The molecule has 2 aromatic rings. The van der Waals surface area contributed by atoms with Crippen LogP contribution in [0.4, 0.5) is 0 Å². The van der Waals surface area contributed by atoms with Crippen LogP contribution in [0.15, 0.2) is 53.6 Å². The highest BCUT2D eigenvalue weighted by molar-refractivity contribution is 7.98. The van der Waals surface area contributed by atoms with Crippen LogP contribution in [0.25, 0.3) is 0 Å². The summed E-state index contributed by atoms with van der Waals surface area (Å²) in [6.07, 6.45) is 1.81. The van der Waals surface area contributed by atoms with E-state index in [0.717, 1.165) is 16.5 Å². The molecule has 1 nitrogen and oxygen atoms in total. The van der Waals surface area contributed by atoms with Gasteiger partial charge < -0.3 is 0 Å². The molecule has 0 N–H and O–H groups in total. The topological polar surface area (TPSA) is 12.9 Å². The molecular weight excluding hydrogens is 261 g/mol. The van der Waals surface area contributed by atoms with E-state index in [2.05, 4.69) is 11.1 Å². The van der Waals surface area contributed by atoms with Crippen molar-refractivity contribution in [3.05, 3.63) is 59.4 Å². The molecule has 0 atom stereocenters. The minimum Gasteiger partial charge on any atom is -0.260 e. The number of aromatic nitrogens is 1. The Morgan fingerprint density at radius 1 is 1.12 bits per heavy atom. The van der Waals surface area contributed by atoms with Crippen LogP contribution in [0.2, 0.25) is 5.02 Å². The molecule has 2 rings (SSSR count). The van der Waals surface area contributed by atoms with Crippen molar-refractivity contribution in [1.29, 1.82) is 0 Å². The maximum atomic E-state index is 5.90. The average molecular weight is 272 g/mol. The SMILES string of the molecule is Cl.Clc1cccc(SCc2ccccn2)c1. The van der Waals surface area contributed by atoms with Crippen molar-refractivity contribution in [2.75, 3.05) is 0 Å². The van der Waals surface area contributed by atoms with Crippen LogP contribution in [0, 0.1) is 0 Å². The summed E-state index contributed by atoms with van der Waals surface area (Å²) in [5, 5.41) is 0.779. The number of nitrogens with zero attached hydrogens (tertiary/aromatic N) is 1. The summed E-state index contributed by atoms with van der Waals surface area (Å²) in [6.45, 7) is 0. The molecule has 0 aliphatic heterocycles. The Kier molecular flexibility index (Phi) is 5.67. The fourth-order valence-corrected chi connectivity index (χ4v) is 2.32. The Balaban J connectivity index is 0.00000128. The third-order valence-electron chi connectivity index (χ3n) is 1.91. The quantitative estimate of drug-likeness (QED) is 0.766. The van der Waals surface area contributed by atoms with E-state index in [1.807, 2.05) is 42.6 Å². The molecule has 4 heteroatoms. The van der Waals surface area contributed by atoms with E-state index < -0.39 is 0 Å². The number of benzene rings is 1. The number of hydrogen-bond acceptors (Lipinski definition) is 2. The van der Waals surface area contributed by atoms with Gasteiger partial charge in [0.2, 0.25) is 0 Å². The molecule has 0 bridgehead atoms. The Labute approximate surface area is 111 Å². The van der Waals surface area contributed by atoms with Crippen LogP contribution >= 0.6 is 35.8 Å². The lowest BCUT2D eigenvalue weighted by Crippen LogP contribution is -1.84. The van der Waals surface area contributed by atoms with Gasteiger partial charge in [-0.2, -0.15) is 0 Å². The van der Waals surface area contributed by atoms with E-state index >= 15 is 0 Å². The lowest BCUT2D eigenvalue weighted by Gasteiger charge is -2.01. The molecule has 0 saturated carbocycles. The van der Waals surface area contributed by atoms with Crippen molar-refractivity contribution in [1.82, 2.24) is 4.98 Å². The van der Waals surface area contributed by atoms with Gasteiger partial charge in [0.05, 0.1) is 5.69 Å². The van der Waals surface area contributed by atoms with E-state index in [1.54, 1.807) is 11.8 Å². The zero-order valence-corrected chi connectivity index (χ0v) is 10.9. The van der Waals surface area contributed by atoms with Gasteiger partial charge in [-0.3, -0.25) is 4.98 Å². The van der Waals surface area contributed by atoms with E-state index in [4.69, 9.17) is 11.6 Å². The second-order valence-electron chi connectivity index (χ2n) is 3.07. The van der Waals surface area contributed by atoms with E-state index in [9.17, 15) is 0 Å². The van der Waals surface area contributed by atoms with Crippen LogP contribution in [-0.2, 0) is 5.75 Å². The minimum atomic E-state index is 0. The summed E-state index contributed by atoms with van der Waals surface area (Å²) >= 11 is 7.64. The molecule has 0 unspecified atom stereocenters. The Morgan fingerprint density at radius 2 is 2.00 bits per heavy atom. The maximum absolute atomic E-state index is 5.90. The zero-order chi connectivity index (χ0) is 10.5. The highest BCUT2D eigenvalue weighted by Crippen LogP contribution is 2.24. The Bertz CT molecular complexity index is 434. The maximum Gasteiger partial charge on any atom is 0.0506 e. The third kappa shape index (κ3) is 4.05. The van der Waals surface area contributed by atoms with Gasteiger partial charge in [-0.1, -0.05) is 23.7 Å². The van der Waals surface area contributed by atoms with Gasteiger partial charge in [-0.05, 0) is 30.3 Å². The van der Waals surface area contributed by atoms with Gasteiger partial charge in [0.15, 0.2) is 0 Å². The molecule has 1 heterocycles. The molecule has 1 aromatic heterocycles. The first-order valence-electron chi connectivity index (χ1n) is 4.63. The highest BCUT2D eigenvalue weighted by atomic mass is 35.5. The van der Waals surface area contributed by atoms with E-state index in [0.29, 0.717) is 0 Å². The van der Waals surface area contributed by atoms with Crippen molar-refractivity contribution >= 4 is 35.8 Å². The standard InChI is InChI=1S/C12H10ClNS.ClH/c13-10-4-3-6-12(8-10)15-9-11-5-1-2-7-14-11;/h1-8H,9H2;1H. The van der Waals surface area contributed by atoms with Crippen molar-refractivity contribution in [3.8, 4) is 0 Å². The van der Waals surface area contributed by atoms with Gasteiger partial charge in [0.25, 0.3) is 0 Å². The smallest absolute Gasteiger partial charge is 0.0506 e. The predicted octanol–water partition coefficient (Wildman–Crippen LogP) is 4.45. The van der Waals surface area contributed by atoms with Crippen LogP contribution in [0.1, 0.15) is 5.69 Å². The second-order valence-corrected chi connectivity index (χ2v) is 4.55. The van der Waals surface area contributed by atoms with Crippen molar-refractivity contribution in [3.63, 3.8) is 0 Å². The Morgan fingerprint density at radius 3 is 2.69 bits per heavy atom. The largest absolute Gasteiger partial charge is 0.260 e. The van der Waals surface area contributed by atoms with Crippen LogP contribution in [0.5, 0.6) is 0 Å². The van der Waals surface area contributed by atoms with Crippen molar-refractivity contribution < 1.29 is 0 Å². The molecule has 0 aliphatic carbocycles. The average Bonchev–Trinajstić information content (AvgIpc) is 2.28. The second kappa shape index (κ2) is 6.79. The normalized spacial score (nSPS) is 9.56. The summed E-state index contributed by atoms with van der Waals surface area (Å²) < 4.78 is 0. The summed E-state index contributed by atoms with van der Waals surface area (Å²) in [5.74, 6) is 0.876. The van der Waals surface area contributed by atoms with Gasteiger partial charge in [0, 0.05) is 21.9 Å². The molecule has 0 spiro atoms. The number of hydrogen-bond donors (Lipinski definition) is 0. The van der Waals surface area contributed by atoms with Crippen LogP contribution in [0.3, 0.4) is 0 Å². The number of thioether (sulfide) groups is 1. The molecule has 1 aromatic carbocycles. The molecule has 0 radical (unpaired) electrons. The molecule has 0 aliphatic rings. The van der Waals surface area contributed by atoms with Crippen LogP contribution in [-0.4, -0.2) is 4.98 Å². The summed E-state index contributed by atoms with van der Waals surface area (Å²) in [5.41, 5.74) is 1.09. The first-order chi connectivity index (χ1) is 7.34. The number of rotatable bonds is 3. The summed E-state index contributed by atoms with van der Waals surface area (Å²) in [6, 6.07) is 13.8. The Hall–Kier alpha value is -0.700. The predicted molar refractivity (Wildman–Crippen MR) is 72.5 cm³/mol. The zero-order valence-electron chi connectivity index (χ0n) is 8.47. The fraction of sp³-hybridized carbons (Fsp3) is 0.0833. The number of pyridine rings is 1. The third-order valence-corrected chi connectivity index (χ3v) is 3.17. The van der Waals surface area contributed by atoms with Crippen LogP contribution < -0.4 is 0 Å². The van der Waals surface area contributed by atoms with Crippen molar-refractivity contribution in [2.45, 2.75) is 10.6 Å². The molecule has 84 valence electrons. The highest BCUT2D eigenvalue weighted by Gasteiger charge is 1.97. The minimum absolute atomic E-state index is 0.